The third-order valence-corrected chi connectivity index (χ3v) is 4.70. The van der Waals surface area contributed by atoms with Crippen LogP contribution >= 0.6 is 38.5 Å². The van der Waals surface area contributed by atoms with Gasteiger partial charge in [0.05, 0.1) is 6.33 Å². The third-order valence-electron chi connectivity index (χ3n) is 2.81. The van der Waals surface area contributed by atoms with E-state index in [1.807, 2.05) is 0 Å². The topological polar surface area (TPSA) is 49.0 Å². The van der Waals surface area contributed by atoms with Gasteiger partial charge >= 0.3 is 0 Å². The Morgan fingerprint density at radius 2 is 2.50 bits per heavy atom. The Labute approximate surface area is 116 Å². The first-order chi connectivity index (χ1) is 7.72. The van der Waals surface area contributed by atoms with Crippen LogP contribution in [0.1, 0.15) is 12.8 Å². The molecule has 0 amide bonds. The van der Waals surface area contributed by atoms with Crippen LogP contribution < -0.4 is 10.5 Å². The van der Waals surface area contributed by atoms with Crippen molar-refractivity contribution in [1.82, 2.24) is 9.97 Å². The molecule has 0 spiro atoms. The molecule has 0 aromatic carbocycles. The van der Waals surface area contributed by atoms with Crippen LogP contribution in [0.25, 0.3) is 0 Å². The van der Waals surface area contributed by atoms with Gasteiger partial charge in [0, 0.05) is 18.4 Å². The maximum Gasteiger partial charge on any atom is 0.266 e. The predicted octanol–water partition coefficient (Wildman–Crippen LogP) is 1.99. The molecule has 1 aliphatic rings. The minimum Gasteiger partial charge on any atom is -0.355 e. The molecule has 1 aromatic heterocycles. The van der Waals surface area contributed by atoms with E-state index in [2.05, 4.69) is 53.4 Å². The number of aromatic amines is 1. The fraction of sp³-hybridized carbons (Fsp3) is 0.600. The smallest absolute Gasteiger partial charge is 0.266 e. The maximum atomic E-state index is 11.5. The molecule has 0 aliphatic carbocycles. The highest BCUT2D eigenvalue weighted by atomic mass is 127. The number of halogens is 2. The van der Waals surface area contributed by atoms with Crippen LogP contribution in [0, 0.1) is 9.49 Å². The maximum absolute atomic E-state index is 11.5. The molecule has 1 unspecified atom stereocenters. The Kier molecular flexibility index (Phi) is 4.23. The number of alkyl halides is 1. The lowest BCUT2D eigenvalue weighted by Crippen LogP contribution is -2.38. The van der Waals surface area contributed by atoms with E-state index in [1.54, 1.807) is 0 Å². The zero-order chi connectivity index (χ0) is 11.5. The molecule has 0 saturated carbocycles. The average Bonchev–Trinajstić information content (AvgIpc) is 2.33. The van der Waals surface area contributed by atoms with Crippen LogP contribution in [0.2, 0.25) is 0 Å². The second-order valence-electron chi connectivity index (χ2n) is 3.98. The molecular formula is C10H13BrIN3O. The molecule has 88 valence electrons. The van der Waals surface area contributed by atoms with Crippen LogP contribution in [0.15, 0.2) is 11.1 Å². The Balaban J connectivity index is 2.23. The molecule has 1 atom stereocenters. The van der Waals surface area contributed by atoms with E-state index >= 15 is 0 Å². The van der Waals surface area contributed by atoms with E-state index < -0.39 is 0 Å². The first-order valence-corrected chi connectivity index (χ1v) is 7.46. The Hall–Kier alpha value is -0.110. The monoisotopic (exact) mass is 397 g/mol. The van der Waals surface area contributed by atoms with E-state index in [9.17, 15) is 4.79 Å². The Bertz CT molecular complexity index is 423. The minimum absolute atomic E-state index is 0.0495. The first kappa shape index (κ1) is 12.3. The van der Waals surface area contributed by atoms with Crippen LogP contribution in [0.4, 0.5) is 5.82 Å². The van der Waals surface area contributed by atoms with Gasteiger partial charge in [-0.05, 0) is 41.4 Å². The Morgan fingerprint density at radius 3 is 3.25 bits per heavy atom. The van der Waals surface area contributed by atoms with Crippen molar-refractivity contribution in [2.75, 3.05) is 23.3 Å². The highest BCUT2D eigenvalue weighted by molar-refractivity contribution is 14.1. The minimum atomic E-state index is -0.0495. The molecule has 2 rings (SSSR count). The van der Waals surface area contributed by atoms with Gasteiger partial charge in [0.25, 0.3) is 5.56 Å². The number of hydrogen-bond donors (Lipinski definition) is 1. The fourth-order valence-corrected chi connectivity index (χ4v) is 3.14. The van der Waals surface area contributed by atoms with Crippen LogP contribution in [0.5, 0.6) is 0 Å². The summed E-state index contributed by atoms with van der Waals surface area (Å²) in [5.74, 6) is 1.49. The van der Waals surface area contributed by atoms with Gasteiger partial charge in [-0.3, -0.25) is 4.79 Å². The predicted molar refractivity (Wildman–Crippen MR) is 76.3 cm³/mol. The molecule has 1 N–H and O–H groups in total. The third kappa shape index (κ3) is 2.58. The van der Waals surface area contributed by atoms with Gasteiger partial charge in [-0.1, -0.05) is 15.9 Å². The van der Waals surface area contributed by atoms with Crippen LogP contribution in [-0.2, 0) is 0 Å². The molecule has 0 radical (unpaired) electrons. The molecule has 6 heteroatoms. The van der Waals surface area contributed by atoms with E-state index in [0.717, 1.165) is 24.2 Å². The van der Waals surface area contributed by atoms with E-state index in [-0.39, 0.29) is 5.56 Å². The number of piperidine rings is 1. The quantitative estimate of drug-likeness (QED) is 0.613. The van der Waals surface area contributed by atoms with Crippen LogP contribution in [0.3, 0.4) is 0 Å². The number of hydrogen-bond acceptors (Lipinski definition) is 3. The van der Waals surface area contributed by atoms with Gasteiger partial charge < -0.3 is 9.88 Å². The van der Waals surface area contributed by atoms with Crippen molar-refractivity contribution in [3.8, 4) is 0 Å². The van der Waals surface area contributed by atoms with E-state index in [0.29, 0.717) is 9.49 Å². The summed E-state index contributed by atoms with van der Waals surface area (Å²) in [5, 5.41) is 1.02. The summed E-state index contributed by atoms with van der Waals surface area (Å²) in [7, 11) is 0. The second kappa shape index (κ2) is 5.48. The lowest BCUT2D eigenvalue weighted by molar-refractivity contribution is 0.452. The van der Waals surface area contributed by atoms with Crippen molar-refractivity contribution >= 4 is 44.3 Å². The lowest BCUT2D eigenvalue weighted by Gasteiger charge is -2.33. The summed E-state index contributed by atoms with van der Waals surface area (Å²) in [6.07, 6.45) is 3.90. The summed E-state index contributed by atoms with van der Waals surface area (Å²) in [4.78, 5) is 20.6. The number of aromatic nitrogens is 2. The molecule has 2 heterocycles. The van der Waals surface area contributed by atoms with Gasteiger partial charge in [0.15, 0.2) is 0 Å². The van der Waals surface area contributed by atoms with Gasteiger partial charge in [-0.2, -0.15) is 0 Å². The summed E-state index contributed by atoms with van der Waals surface area (Å²) in [6, 6.07) is 0. The van der Waals surface area contributed by atoms with Crippen molar-refractivity contribution in [2.24, 2.45) is 5.92 Å². The molecule has 1 saturated heterocycles. The van der Waals surface area contributed by atoms with E-state index in [1.165, 1.54) is 19.2 Å². The van der Waals surface area contributed by atoms with Crippen molar-refractivity contribution < 1.29 is 0 Å². The molecule has 0 bridgehead atoms. The van der Waals surface area contributed by atoms with Crippen molar-refractivity contribution in [3.05, 3.63) is 20.3 Å². The van der Waals surface area contributed by atoms with Gasteiger partial charge in [-0.25, -0.2) is 4.98 Å². The van der Waals surface area contributed by atoms with Gasteiger partial charge in [0.1, 0.15) is 9.39 Å². The molecule has 16 heavy (non-hydrogen) atoms. The van der Waals surface area contributed by atoms with E-state index in [4.69, 9.17) is 0 Å². The number of H-pyrrole nitrogens is 1. The fourth-order valence-electron chi connectivity index (χ4n) is 1.98. The number of rotatable bonds is 2. The Morgan fingerprint density at radius 1 is 1.69 bits per heavy atom. The molecular weight excluding hydrogens is 385 g/mol. The number of anilines is 1. The molecule has 4 nitrogen and oxygen atoms in total. The summed E-state index contributed by atoms with van der Waals surface area (Å²) in [5.41, 5.74) is -0.0495. The molecule has 1 aromatic rings. The van der Waals surface area contributed by atoms with Gasteiger partial charge in [-0.15, -0.1) is 0 Å². The molecule has 1 fully saturated rings. The lowest BCUT2D eigenvalue weighted by atomic mass is 10.0. The molecule has 1 aliphatic heterocycles. The number of nitrogens with one attached hydrogen (secondary N) is 1. The highest BCUT2D eigenvalue weighted by Gasteiger charge is 2.22. The first-order valence-electron chi connectivity index (χ1n) is 5.26. The normalized spacial score (nSPS) is 21.1. The zero-order valence-electron chi connectivity index (χ0n) is 8.75. The van der Waals surface area contributed by atoms with Gasteiger partial charge in [0.2, 0.25) is 0 Å². The second-order valence-corrected chi connectivity index (χ2v) is 5.70. The van der Waals surface area contributed by atoms with Crippen molar-refractivity contribution in [1.29, 1.82) is 0 Å². The highest BCUT2D eigenvalue weighted by Crippen LogP contribution is 2.24. The summed E-state index contributed by atoms with van der Waals surface area (Å²) in [6.45, 7) is 1.98. The summed E-state index contributed by atoms with van der Waals surface area (Å²) >= 11 is 5.59. The largest absolute Gasteiger partial charge is 0.355 e. The average molecular weight is 398 g/mol. The standard InChI is InChI=1S/C10H13BrIN3O/c11-4-7-2-1-3-15(5-7)9-8(12)10(16)14-6-13-9/h6-7H,1-5H2,(H,13,14,16). The SMILES string of the molecule is O=c1[nH]cnc(N2CCCC(CBr)C2)c1I. The number of nitrogens with zero attached hydrogens (tertiary/aromatic N) is 2. The zero-order valence-corrected chi connectivity index (χ0v) is 12.5. The summed E-state index contributed by atoms with van der Waals surface area (Å²) < 4.78 is 0.690. The van der Waals surface area contributed by atoms with Crippen molar-refractivity contribution in [3.63, 3.8) is 0 Å². The van der Waals surface area contributed by atoms with Crippen molar-refractivity contribution in [2.45, 2.75) is 12.8 Å². The van der Waals surface area contributed by atoms with Crippen LogP contribution in [-0.4, -0.2) is 28.4 Å².